The van der Waals surface area contributed by atoms with Gasteiger partial charge < -0.3 is 9.64 Å². The first-order valence-corrected chi connectivity index (χ1v) is 8.62. The number of amides is 1. The summed E-state index contributed by atoms with van der Waals surface area (Å²) in [4.78, 5) is 26.8. The highest BCUT2D eigenvalue weighted by Crippen LogP contribution is 2.29. The van der Waals surface area contributed by atoms with Crippen molar-refractivity contribution in [3.63, 3.8) is 0 Å². The van der Waals surface area contributed by atoms with E-state index in [-0.39, 0.29) is 24.0 Å². The van der Waals surface area contributed by atoms with Crippen molar-refractivity contribution >= 4 is 33.3 Å². The number of benzene rings is 2. The van der Waals surface area contributed by atoms with Crippen molar-refractivity contribution in [1.29, 1.82) is 0 Å². The van der Waals surface area contributed by atoms with Crippen molar-refractivity contribution < 1.29 is 14.3 Å². The van der Waals surface area contributed by atoms with Crippen LogP contribution in [0.1, 0.15) is 23.2 Å². The number of ketones is 1. The van der Waals surface area contributed by atoms with Crippen LogP contribution in [0.5, 0.6) is 5.75 Å². The number of ether oxygens (including phenoxy) is 1. The van der Waals surface area contributed by atoms with Gasteiger partial charge >= 0.3 is 0 Å². The van der Waals surface area contributed by atoms with E-state index >= 15 is 0 Å². The number of anilines is 1. The van der Waals surface area contributed by atoms with Crippen LogP contribution >= 0.6 is 15.9 Å². The van der Waals surface area contributed by atoms with Gasteiger partial charge in [0.2, 0.25) is 5.91 Å². The third kappa shape index (κ3) is 3.51. The average Bonchev–Trinajstić information content (AvgIpc) is 2.96. The Kier molecular flexibility index (Phi) is 5.00. The monoisotopic (exact) mass is 387 g/mol. The van der Waals surface area contributed by atoms with E-state index in [9.17, 15) is 9.59 Å². The normalized spacial score (nSPS) is 17.2. The van der Waals surface area contributed by atoms with Gasteiger partial charge in [-0.05, 0) is 42.8 Å². The lowest BCUT2D eigenvalue weighted by Crippen LogP contribution is -2.27. The molecule has 1 aliphatic rings. The molecule has 1 unspecified atom stereocenters. The number of Topliss-reactive ketones (excluding diaryl/α,β-unsaturated/α-hetero) is 1. The fourth-order valence-corrected chi connectivity index (χ4v) is 3.21. The molecule has 1 aliphatic heterocycles. The van der Waals surface area contributed by atoms with Crippen LogP contribution in [0.4, 0.5) is 5.69 Å². The minimum Gasteiger partial charge on any atom is -0.497 e. The number of hydrogen-bond donors (Lipinski definition) is 0. The SMILES string of the molecule is COc1cccc(C(=O)CC2CCN(c3ccc(Br)cc3)C2=O)c1. The Morgan fingerprint density at radius 3 is 2.71 bits per heavy atom. The highest BCUT2D eigenvalue weighted by atomic mass is 79.9. The number of nitrogens with zero attached hydrogens (tertiary/aromatic N) is 1. The number of hydrogen-bond acceptors (Lipinski definition) is 3. The maximum atomic E-state index is 12.6. The van der Waals surface area contributed by atoms with Crippen molar-refractivity contribution in [3.05, 3.63) is 58.6 Å². The summed E-state index contributed by atoms with van der Waals surface area (Å²) in [5, 5.41) is 0. The molecule has 1 fully saturated rings. The summed E-state index contributed by atoms with van der Waals surface area (Å²) >= 11 is 3.39. The van der Waals surface area contributed by atoms with Gasteiger partial charge in [0.15, 0.2) is 5.78 Å². The standard InChI is InChI=1S/C19H18BrNO3/c1-24-17-4-2-3-13(11-17)18(22)12-14-9-10-21(19(14)23)16-7-5-15(20)6-8-16/h2-8,11,14H,9-10,12H2,1H3. The van der Waals surface area contributed by atoms with E-state index in [1.54, 1.807) is 36.3 Å². The Labute approximate surface area is 149 Å². The molecular weight excluding hydrogens is 370 g/mol. The quantitative estimate of drug-likeness (QED) is 0.726. The lowest BCUT2D eigenvalue weighted by molar-refractivity contribution is -0.120. The molecule has 0 spiro atoms. The van der Waals surface area contributed by atoms with Crippen molar-refractivity contribution in [1.82, 2.24) is 0 Å². The van der Waals surface area contributed by atoms with Crippen LogP contribution in [0.25, 0.3) is 0 Å². The first kappa shape index (κ1) is 16.7. The number of rotatable bonds is 5. The maximum absolute atomic E-state index is 12.6. The molecule has 1 saturated heterocycles. The molecule has 5 heteroatoms. The first-order valence-electron chi connectivity index (χ1n) is 7.82. The van der Waals surface area contributed by atoms with E-state index in [0.717, 1.165) is 10.2 Å². The van der Waals surface area contributed by atoms with Crippen LogP contribution in [0.3, 0.4) is 0 Å². The van der Waals surface area contributed by atoms with Gasteiger partial charge in [-0.3, -0.25) is 9.59 Å². The topological polar surface area (TPSA) is 46.6 Å². The third-order valence-electron chi connectivity index (χ3n) is 4.28. The Morgan fingerprint density at radius 1 is 1.25 bits per heavy atom. The molecule has 0 radical (unpaired) electrons. The Hall–Kier alpha value is -2.14. The molecule has 0 N–H and O–H groups in total. The zero-order valence-electron chi connectivity index (χ0n) is 13.4. The van der Waals surface area contributed by atoms with Crippen LogP contribution in [0.15, 0.2) is 53.0 Å². The van der Waals surface area contributed by atoms with Crippen molar-refractivity contribution in [2.75, 3.05) is 18.6 Å². The van der Waals surface area contributed by atoms with Crippen LogP contribution in [-0.2, 0) is 4.79 Å². The summed E-state index contributed by atoms with van der Waals surface area (Å²) in [7, 11) is 1.57. The Morgan fingerprint density at radius 2 is 2.00 bits per heavy atom. The van der Waals surface area contributed by atoms with E-state index in [1.165, 1.54) is 0 Å². The van der Waals surface area contributed by atoms with Gasteiger partial charge in [0.25, 0.3) is 0 Å². The molecular formula is C19H18BrNO3. The first-order chi connectivity index (χ1) is 11.6. The molecule has 1 atom stereocenters. The number of carbonyl (C=O) groups is 2. The van der Waals surface area contributed by atoms with Crippen LogP contribution < -0.4 is 9.64 Å². The summed E-state index contributed by atoms with van der Waals surface area (Å²) in [6.07, 6.45) is 0.934. The molecule has 1 amide bonds. The largest absolute Gasteiger partial charge is 0.497 e. The van der Waals surface area contributed by atoms with Crippen molar-refractivity contribution in [2.24, 2.45) is 5.92 Å². The van der Waals surface area contributed by atoms with Gasteiger partial charge in [0.1, 0.15) is 5.75 Å². The average molecular weight is 388 g/mol. The molecule has 24 heavy (non-hydrogen) atoms. The van der Waals surface area contributed by atoms with Gasteiger partial charge in [0.05, 0.1) is 7.11 Å². The second kappa shape index (κ2) is 7.18. The Bertz CT molecular complexity index is 757. The fourth-order valence-electron chi connectivity index (χ4n) is 2.94. The predicted octanol–water partition coefficient (Wildman–Crippen LogP) is 4.08. The van der Waals surface area contributed by atoms with Gasteiger partial charge in [-0.25, -0.2) is 0 Å². The van der Waals surface area contributed by atoms with E-state index in [1.807, 2.05) is 24.3 Å². The second-order valence-corrected chi connectivity index (χ2v) is 6.73. The van der Waals surface area contributed by atoms with Gasteiger partial charge in [-0.15, -0.1) is 0 Å². The predicted molar refractivity (Wildman–Crippen MR) is 96.5 cm³/mol. The number of halogens is 1. The summed E-state index contributed by atoms with van der Waals surface area (Å²) in [5.41, 5.74) is 1.46. The minimum atomic E-state index is -0.257. The van der Waals surface area contributed by atoms with E-state index < -0.39 is 0 Å². The van der Waals surface area contributed by atoms with Gasteiger partial charge in [0, 0.05) is 34.6 Å². The maximum Gasteiger partial charge on any atom is 0.230 e. The van der Waals surface area contributed by atoms with Crippen LogP contribution in [-0.4, -0.2) is 25.3 Å². The van der Waals surface area contributed by atoms with Crippen molar-refractivity contribution in [2.45, 2.75) is 12.8 Å². The lowest BCUT2D eigenvalue weighted by atomic mass is 9.97. The van der Waals surface area contributed by atoms with E-state index in [4.69, 9.17) is 4.74 Å². The summed E-state index contributed by atoms with van der Waals surface area (Å²) < 4.78 is 6.12. The second-order valence-electron chi connectivity index (χ2n) is 5.81. The molecule has 4 nitrogen and oxygen atoms in total. The molecule has 0 saturated carbocycles. The zero-order chi connectivity index (χ0) is 17.1. The molecule has 0 aliphatic carbocycles. The molecule has 124 valence electrons. The molecule has 3 rings (SSSR count). The van der Waals surface area contributed by atoms with Crippen LogP contribution in [0.2, 0.25) is 0 Å². The smallest absolute Gasteiger partial charge is 0.230 e. The fraction of sp³-hybridized carbons (Fsp3) is 0.263. The molecule has 0 bridgehead atoms. The minimum absolute atomic E-state index is 0.0218. The van der Waals surface area contributed by atoms with Gasteiger partial charge in [-0.1, -0.05) is 28.1 Å². The zero-order valence-corrected chi connectivity index (χ0v) is 15.0. The highest BCUT2D eigenvalue weighted by Gasteiger charge is 2.34. The third-order valence-corrected chi connectivity index (χ3v) is 4.81. The lowest BCUT2D eigenvalue weighted by Gasteiger charge is -2.17. The van der Waals surface area contributed by atoms with Gasteiger partial charge in [-0.2, -0.15) is 0 Å². The highest BCUT2D eigenvalue weighted by molar-refractivity contribution is 9.10. The van der Waals surface area contributed by atoms with E-state index in [2.05, 4.69) is 15.9 Å². The molecule has 2 aromatic carbocycles. The van der Waals surface area contributed by atoms with E-state index in [0.29, 0.717) is 24.3 Å². The summed E-state index contributed by atoms with van der Waals surface area (Å²) in [6, 6.07) is 14.7. The number of methoxy groups -OCH3 is 1. The Balaban J connectivity index is 1.69. The molecule has 1 heterocycles. The summed E-state index contributed by atoms with van der Waals surface area (Å²) in [6.45, 7) is 0.649. The molecule has 2 aromatic rings. The summed E-state index contributed by atoms with van der Waals surface area (Å²) in [5.74, 6) is 0.390. The van der Waals surface area contributed by atoms with Crippen molar-refractivity contribution in [3.8, 4) is 5.75 Å². The van der Waals surface area contributed by atoms with Crippen LogP contribution in [0, 0.1) is 5.92 Å². The molecule has 0 aromatic heterocycles. The number of carbonyl (C=O) groups excluding carboxylic acids is 2.